The first-order chi connectivity index (χ1) is 19.7. The molecule has 1 aliphatic rings. The average Bonchev–Trinajstić information content (AvgIpc) is 3.19. The quantitative estimate of drug-likeness (QED) is 0.240. The molecule has 2 heterocycles. The van der Waals surface area contributed by atoms with Crippen LogP contribution in [-0.2, 0) is 32.0 Å². The van der Waals surface area contributed by atoms with E-state index in [1.807, 2.05) is 44.2 Å². The van der Waals surface area contributed by atoms with Crippen molar-refractivity contribution >= 4 is 29.6 Å². The summed E-state index contributed by atoms with van der Waals surface area (Å²) in [5.74, 6) is -2.53. The summed E-state index contributed by atoms with van der Waals surface area (Å²) in [6, 6.07) is 9.85. The first-order valence-corrected chi connectivity index (χ1v) is 14.1. The number of amides is 4. The van der Waals surface area contributed by atoms with Crippen molar-refractivity contribution in [2.24, 2.45) is 11.7 Å². The van der Waals surface area contributed by atoms with E-state index in [1.165, 1.54) is 11.0 Å². The van der Waals surface area contributed by atoms with Crippen LogP contribution < -0.4 is 16.4 Å². The highest BCUT2D eigenvalue weighted by Crippen LogP contribution is 2.19. The van der Waals surface area contributed by atoms with Crippen molar-refractivity contribution in [3.8, 4) is 0 Å². The number of nitrogens with two attached hydrogens (primary N) is 1. The Morgan fingerprint density at radius 1 is 1.02 bits per heavy atom. The predicted molar refractivity (Wildman–Crippen MR) is 156 cm³/mol. The highest BCUT2D eigenvalue weighted by Gasteiger charge is 2.35. The van der Waals surface area contributed by atoms with Crippen molar-refractivity contribution in [3.05, 3.63) is 65.0 Å². The lowest BCUT2D eigenvalue weighted by atomic mass is 9.98. The van der Waals surface area contributed by atoms with Gasteiger partial charge >= 0.3 is 5.97 Å². The summed E-state index contributed by atoms with van der Waals surface area (Å²) in [5.41, 5.74) is 6.57. The van der Waals surface area contributed by atoms with E-state index in [0.29, 0.717) is 12.1 Å². The van der Waals surface area contributed by atoms with Crippen LogP contribution in [0.15, 0.2) is 42.5 Å². The number of aromatic nitrogens is 1. The van der Waals surface area contributed by atoms with Crippen LogP contribution in [0.5, 0.6) is 0 Å². The lowest BCUT2D eigenvalue weighted by Gasteiger charge is -2.33. The van der Waals surface area contributed by atoms with Gasteiger partial charge in [-0.25, -0.2) is 4.98 Å². The van der Waals surface area contributed by atoms with Crippen molar-refractivity contribution in [1.82, 2.24) is 20.5 Å². The average molecular weight is 580 g/mol. The van der Waals surface area contributed by atoms with E-state index in [1.54, 1.807) is 33.9 Å². The molecule has 4 N–H and O–H groups in total. The molecule has 0 spiro atoms. The van der Waals surface area contributed by atoms with Gasteiger partial charge in [0.2, 0.25) is 11.8 Å². The number of ether oxygens (including phenoxy) is 1. The molecule has 11 nitrogen and oxygen atoms in total. The molecule has 226 valence electrons. The van der Waals surface area contributed by atoms with Crippen LogP contribution >= 0.6 is 0 Å². The first kappa shape index (κ1) is 32.4. The maximum absolute atomic E-state index is 13.8. The second-order valence-corrected chi connectivity index (χ2v) is 12.0. The van der Waals surface area contributed by atoms with Crippen LogP contribution in [-0.4, -0.2) is 70.3 Å². The highest BCUT2D eigenvalue weighted by molar-refractivity contribution is 6.20. The third kappa shape index (κ3) is 8.69. The van der Waals surface area contributed by atoms with E-state index in [0.717, 1.165) is 5.56 Å². The molecule has 3 atom stereocenters. The number of hydrogen-bond acceptors (Lipinski definition) is 8. The molecule has 11 heteroatoms. The molecule has 1 aliphatic heterocycles. The fourth-order valence-corrected chi connectivity index (χ4v) is 4.78. The fraction of sp³-hybridized carbons (Fsp3) is 0.484. The van der Waals surface area contributed by atoms with E-state index in [9.17, 15) is 24.0 Å². The van der Waals surface area contributed by atoms with Gasteiger partial charge in [-0.1, -0.05) is 44.2 Å². The van der Waals surface area contributed by atoms with Gasteiger partial charge in [0.25, 0.3) is 11.8 Å². The van der Waals surface area contributed by atoms with Crippen LogP contribution in [0, 0.1) is 5.92 Å². The number of carbonyl (C=O) groups is 5. The minimum atomic E-state index is -0.906. The van der Waals surface area contributed by atoms with Crippen LogP contribution in [0.4, 0.5) is 0 Å². The van der Waals surface area contributed by atoms with Gasteiger partial charge in [-0.3, -0.25) is 34.6 Å². The number of carbonyl (C=O) groups excluding carboxylic acids is 5. The summed E-state index contributed by atoms with van der Waals surface area (Å²) < 4.78 is 5.67. The van der Waals surface area contributed by atoms with Crippen LogP contribution in [0.2, 0.25) is 0 Å². The molecule has 3 rings (SSSR count). The van der Waals surface area contributed by atoms with Crippen molar-refractivity contribution in [2.45, 2.75) is 84.0 Å². The summed E-state index contributed by atoms with van der Waals surface area (Å²) in [6.45, 7) is 9.18. The number of pyridine rings is 1. The largest absolute Gasteiger partial charge is 0.459 e. The summed E-state index contributed by atoms with van der Waals surface area (Å²) >= 11 is 0. The third-order valence-corrected chi connectivity index (χ3v) is 6.84. The van der Waals surface area contributed by atoms with Crippen molar-refractivity contribution in [2.75, 3.05) is 7.05 Å². The molecule has 0 saturated heterocycles. The number of rotatable bonds is 13. The number of fused-ring (bicyclic) bond motifs is 1. The molecule has 1 aromatic heterocycles. The van der Waals surface area contributed by atoms with Crippen molar-refractivity contribution in [1.29, 1.82) is 0 Å². The zero-order chi connectivity index (χ0) is 31.2. The molecule has 0 fully saturated rings. The van der Waals surface area contributed by atoms with Crippen LogP contribution in [0.25, 0.3) is 0 Å². The number of aryl methyl sites for hydroxylation is 1. The number of imide groups is 1. The summed E-state index contributed by atoms with van der Waals surface area (Å²) in [5, 5.41) is 5.42. The topological polar surface area (TPSA) is 161 Å². The maximum atomic E-state index is 13.8. The van der Waals surface area contributed by atoms with E-state index in [2.05, 4.69) is 15.6 Å². The van der Waals surface area contributed by atoms with Crippen LogP contribution in [0.3, 0.4) is 0 Å². The van der Waals surface area contributed by atoms with Gasteiger partial charge < -0.3 is 15.4 Å². The van der Waals surface area contributed by atoms with E-state index in [-0.39, 0.29) is 42.3 Å². The zero-order valence-corrected chi connectivity index (χ0v) is 25.1. The summed E-state index contributed by atoms with van der Waals surface area (Å²) in [7, 11) is 1.54. The van der Waals surface area contributed by atoms with Gasteiger partial charge in [-0.05, 0) is 63.6 Å². The van der Waals surface area contributed by atoms with Gasteiger partial charge in [0.1, 0.15) is 23.4 Å². The first-order valence-electron chi connectivity index (χ1n) is 14.1. The molecule has 0 radical (unpaired) electrons. The van der Waals surface area contributed by atoms with Gasteiger partial charge in [-0.15, -0.1) is 0 Å². The Balaban J connectivity index is 1.84. The van der Waals surface area contributed by atoms with Gasteiger partial charge in [-0.2, -0.15) is 0 Å². The van der Waals surface area contributed by atoms with Gasteiger partial charge in [0.05, 0.1) is 11.6 Å². The predicted octanol–water partition coefficient (Wildman–Crippen LogP) is 2.17. The number of primary amides is 1. The molecule has 2 aromatic rings. The second-order valence-electron chi connectivity index (χ2n) is 12.0. The maximum Gasteiger partial charge on any atom is 0.323 e. The Bertz CT molecular complexity index is 1320. The molecule has 0 unspecified atom stereocenters. The molecule has 4 amide bonds. The Morgan fingerprint density at radius 3 is 2.29 bits per heavy atom. The number of nitrogens with zero attached hydrogens (tertiary/aromatic N) is 2. The molecule has 0 bridgehead atoms. The zero-order valence-electron chi connectivity index (χ0n) is 25.1. The Morgan fingerprint density at radius 2 is 1.69 bits per heavy atom. The summed E-state index contributed by atoms with van der Waals surface area (Å²) in [4.78, 5) is 69.3. The van der Waals surface area contributed by atoms with E-state index < -0.39 is 47.4 Å². The standard InChI is InChI=1S/C31H41N5O6/c1-18(2)16-23(29(40)36(6)24(26(32)37)17-19-10-8-7-9-11-19)34-22(30(41)42-31(3,4)5)15-13-20-12-14-21-25(33-20)28(39)35-27(21)38/h7-12,14,18,22-24,34H,13,15-17H2,1-6H3,(H2,32,37)(H,35,38,39)/t22-,23+,24+/m1/s1. The molecular formula is C31H41N5O6. The molecule has 42 heavy (non-hydrogen) atoms. The number of benzene rings is 1. The van der Waals surface area contributed by atoms with Gasteiger partial charge in [0, 0.05) is 19.2 Å². The van der Waals surface area contributed by atoms with Crippen molar-refractivity contribution < 1.29 is 28.7 Å². The Kier molecular flexibility index (Phi) is 10.6. The van der Waals surface area contributed by atoms with Gasteiger partial charge in [0.15, 0.2) is 0 Å². The van der Waals surface area contributed by atoms with Crippen molar-refractivity contribution in [3.63, 3.8) is 0 Å². The van der Waals surface area contributed by atoms with E-state index >= 15 is 0 Å². The Hall–Kier alpha value is -4.12. The molecule has 0 saturated carbocycles. The minimum Gasteiger partial charge on any atom is -0.459 e. The highest BCUT2D eigenvalue weighted by atomic mass is 16.6. The normalized spacial score (nSPS) is 15.0. The molecule has 1 aromatic carbocycles. The Labute approximate surface area is 246 Å². The molecule has 0 aliphatic carbocycles. The van der Waals surface area contributed by atoms with E-state index in [4.69, 9.17) is 10.5 Å². The second kappa shape index (κ2) is 13.7. The lowest BCUT2D eigenvalue weighted by Crippen LogP contribution is -2.57. The lowest BCUT2D eigenvalue weighted by molar-refractivity contribution is -0.158. The number of hydrogen-bond donors (Lipinski definition) is 3. The number of likely N-dealkylation sites (N-methyl/N-ethyl adjacent to an activating group) is 1. The smallest absolute Gasteiger partial charge is 0.323 e. The fourth-order valence-electron chi connectivity index (χ4n) is 4.78. The minimum absolute atomic E-state index is 0.0460. The monoisotopic (exact) mass is 579 g/mol. The van der Waals surface area contributed by atoms with Crippen LogP contribution in [0.1, 0.15) is 79.6 Å². The summed E-state index contributed by atoms with van der Waals surface area (Å²) in [6.07, 6.45) is 1.11. The number of esters is 1. The number of nitrogens with one attached hydrogen (secondary N) is 2. The SMILES string of the molecule is CC(C)C[C@H](N[C@H](CCc1ccc2c(n1)C(=O)NC2=O)C(=O)OC(C)(C)C)C(=O)N(C)[C@@H](Cc1ccccc1)C(N)=O. The third-order valence-electron chi connectivity index (χ3n) is 6.84. The molecular weight excluding hydrogens is 538 g/mol.